The Morgan fingerprint density at radius 3 is 2.57 bits per heavy atom. The number of carbonyl (C=O) groups is 1. The van der Waals surface area contributed by atoms with Gasteiger partial charge in [0.1, 0.15) is 12.4 Å². The van der Waals surface area contributed by atoms with E-state index >= 15 is 0 Å². The quantitative estimate of drug-likeness (QED) is 0.823. The molecule has 130 valence electrons. The molecule has 0 spiro atoms. The minimum Gasteiger partial charge on any atom is -0.449 e. The number of para-hydroxylation sites is 1. The summed E-state index contributed by atoms with van der Waals surface area (Å²) in [6.07, 6.45) is -9.28. The lowest BCUT2D eigenvalue weighted by molar-refractivity contribution is -0.253. The van der Waals surface area contributed by atoms with Crippen LogP contribution in [0.5, 0.6) is 5.75 Å². The zero-order chi connectivity index (χ0) is 16.5. The summed E-state index contributed by atoms with van der Waals surface area (Å²) in [5.41, 5.74) is -0.447. The van der Waals surface area contributed by atoms with Gasteiger partial charge >= 0.3 is 18.6 Å². The van der Waals surface area contributed by atoms with Gasteiger partial charge in [0, 0.05) is 11.0 Å². The van der Waals surface area contributed by atoms with Crippen molar-refractivity contribution in [2.45, 2.75) is 32.4 Å². The van der Waals surface area contributed by atoms with Gasteiger partial charge in [-0.1, -0.05) is 32.0 Å². The van der Waals surface area contributed by atoms with E-state index in [2.05, 4.69) is 10.1 Å². The molecule has 1 N–H and O–H groups in total. The topological polar surface area (TPSA) is 47.6 Å². The zero-order valence-electron chi connectivity index (χ0n) is 12.3. The first-order valence-electron chi connectivity index (χ1n) is 6.51. The van der Waals surface area contributed by atoms with Crippen LogP contribution in [-0.2, 0) is 4.74 Å². The molecule has 1 amide bonds. The third kappa shape index (κ3) is 4.19. The molecule has 1 aromatic carbocycles. The molecule has 0 radical (unpaired) electrons. The number of ether oxygens (including phenoxy) is 2. The average Bonchev–Trinajstić information content (AvgIpc) is 2.42. The number of hydrogen-bond acceptors (Lipinski definition) is 3. The summed E-state index contributed by atoms with van der Waals surface area (Å²) in [6.45, 7) is 3.56. The van der Waals surface area contributed by atoms with Crippen molar-refractivity contribution in [1.29, 1.82) is 0 Å². The Morgan fingerprint density at radius 1 is 1.35 bits per heavy atom. The van der Waals surface area contributed by atoms with Crippen molar-refractivity contribution >= 4 is 18.5 Å². The fourth-order valence-electron chi connectivity index (χ4n) is 2.19. The van der Waals surface area contributed by atoms with Crippen LogP contribution in [0.25, 0.3) is 0 Å². The number of amides is 1. The molecular weight excluding hydrogens is 342 g/mol. The molecule has 0 unspecified atom stereocenters. The second-order valence-corrected chi connectivity index (χ2v) is 5.64. The van der Waals surface area contributed by atoms with Crippen LogP contribution in [0.15, 0.2) is 24.3 Å². The van der Waals surface area contributed by atoms with Gasteiger partial charge in [0.25, 0.3) is 0 Å². The average molecular weight is 358 g/mol. The van der Waals surface area contributed by atoms with Crippen LogP contribution >= 0.6 is 12.4 Å². The molecule has 1 aliphatic rings. The molecule has 4 nitrogen and oxygen atoms in total. The maximum absolute atomic E-state index is 13.2. The van der Waals surface area contributed by atoms with Gasteiger partial charge < -0.3 is 14.8 Å². The maximum Gasteiger partial charge on any atom is 0.461 e. The fraction of sp³-hybridized carbons (Fsp3) is 0.500. The molecule has 0 aromatic heterocycles. The number of benzene rings is 1. The van der Waals surface area contributed by atoms with Gasteiger partial charge in [-0.25, -0.2) is 4.79 Å². The normalized spacial score (nSPS) is 20.3. The highest BCUT2D eigenvalue weighted by molar-refractivity contribution is 5.85. The number of alkyl carbamates (subject to hydrolysis) is 1. The van der Waals surface area contributed by atoms with Crippen LogP contribution in [0.3, 0.4) is 0 Å². The highest BCUT2D eigenvalue weighted by Gasteiger charge is 2.46. The Morgan fingerprint density at radius 2 is 1.96 bits per heavy atom. The lowest BCUT2D eigenvalue weighted by Crippen LogP contribution is -2.47. The number of halogens is 5. The minimum absolute atomic E-state index is 0. The molecule has 1 aliphatic heterocycles. The summed E-state index contributed by atoms with van der Waals surface area (Å²) < 4.78 is 60.0. The van der Waals surface area contributed by atoms with Crippen LogP contribution in [0.4, 0.5) is 22.4 Å². The van der Waals surface area contributed by atoms with Crippen molar-refractivity contribution in [1.82, 2.24) is 5.32 Å². The van der Waals surface area contributed by atoms with Crippen LogP contribution < -0.4 is 10.1 Å². The van der Waals surface area contributed by atoms with Crippen molar-refractivity contribution in [2.75, 3.05) is 6.61 Å². The molecule has 9 heteroatoms. The van der Waals surface area contributed by atoms with E-state index in [1.165, 1.54) is 12.1 Å². The van der Waals surface area contributed by atoms with Crippen LogP contribution in [0.1, 0.15) is 25.5 Å². The minimum atomic E-state index is -4.62. The number of hydrogen-bond donors (Lipinski definition) is 1. The van der Waals surface area contributed by atoms with E-state index in [9.17, 15) is 22.4 Å². The number of rotatable bonds is 4. The molecule has 0 saturated carbocycles. The van der Waals surface area contributed by atoms with E-state index < -0.39 is 35.8 Å². The lowest BCUT2D eigenvalue weighted by Gasteiger charge is -2.39. The van der Waals surface area contributed by atoms with Gasteiger partial charge in [-0.3, -0.25) is 0 Å². The highest BCUT2D eigenvalue weighted by atomic mass is 35.5. The van der Waals surface area contributed by atoms with Gasteiger partial charge in [-0.05, 0) is 6.07 Å². The summed E-state index contributed by atoms with van der Waals surface area (Å²) in [7, 11) is 0. The molecule has 0 bridgehead atoms. The number of alkyl halides is 4. The van der Waals surface area contributed by atoms with E-state index in [0.717, 1.165) is 6.07 Å². The van der Waals surface area contributed by atoms with E-state index in [-0.39, 0.29) is 24.6 Å². The third-order valence-corrected chi connectivity index (χ3v) is 3.35. The van der Waals surface area contributed by atoms with E-state index in [1.807, 2.05) is 0 Å². The summed E-state index contributed by atoms with van der Waals surface area (Å²) >= 11 is 0. The van der Waals surface area contributed by atoms with Crippen LogP contribution in [-0.4, -0.2) is 25.2 Å². The van der Waals surface area contributed by atoms with Crippen LogP contribution in [0, 0.1) is 5.41 Å². The monoisotopic (exact) mass is 357 g/mol. The maximum atomic E-state index is 13.2. The molecule has 2 rings (SSSR count). The first-order chi connectivity index (χ1) is 10.1. The first-order valence-corrected chi connectivity index (χ1v) is 6.51. The smallest absolute Gasteiger partial charge is 0.449 e. The molecule has 0 aliphatic carbocycles. The van der Waals surface area contributed by atoms with Crippen molar-refractivity contribution in [3.8, 4) is 5.75 Å². The Kier molecular flexibility index (Phi) is 5.74. The number of nitrogens with one attached hydrogen (secondary N) is 1. The first kappa shape index (κ1) is 19.3. The predicted octanol–water partition coefficient (Wildman–Crippen LogP) is 4.15. The Hall–Kier alpha value is -1.70. The van der Waals surface area contributed by atoms with Gasteiger partial charge in [0.15, 0.2) is 0 Å². The number of carbonyl (C=O) groups excluding carboxylic acids is 1. The summed E-state index contributed by atoms with van der Waals surface area (Å²) in [5.74, 6) is -0.409. The summed E-state index contributed by atoms with van der Waals surface area (Å²) in [4.78, 5) is 11.4. The number of cyclic esters (lactones) is 1. The molecule has 1 saturated heterocycles. The predicted molar refractivity (Wildman–Crippen MR) is 76.3 cm³/mol. The standard InChI is InChI=1S/C14H15F4NO3.ClH/c1-13(2)7-21-12(20)19-10(13)8-5-3-4-6-9(8)22-14(17,18)11(15)16;/h3-6,10-11H,7H2,1-2H3,(H,19,20);1H/t10-;/m1./s1. The van der Waals surface area contributed by atoms with Crippen molar-refractivity contribution < 1.29 is 31.8 Å². The lowest BCUT2D eigenvalue weighted by atomic mass is 9.80. The highest BCUT2D eigenvalue weighted by Crippen LogP contribution is 2.41. The van der Waals surface area contributed by atoms with E-state index in [4.69, 9.17) is 4.74 Å². The molecule has 1 heterocycles. The molecular formula is C14H16ClF4NO3. The Bertz CT molecular complexity index is 569. The summed E-state index contributed by atoms with van der Waals surface area (Å²) in [6, 6.07) is 4.81. The van der Waals surface area contributed by atoms with Crippen molar-refractivity contribution in [2.24, 2.45) is 5.41 Å². The SMILES string of the molecule is CC1(C)COC(=O)N[C@@H]1c1ccccc1OC(F)(F)C(F)F.Cl. The van der Waals surface area contributed by atoms with Crippen molar-refractivity contribution in [3.63, 3.8) is 0 Å². The second-order valence-electron chi connectivity index (χ2n) is 5.64. The van der Waals surface area contributed by atoms with E-state index in [1.54, 1.807) is 19.9 Å². The van der Waals surface area contributed by atoms with Gasteiger partial charge in [0.2, 0.25) is 0 Å². The van der Waals surface area contributed by atoms with Gasteiger partial charge in [-0.2, -0.15) is 17.6 Å². The molecule has 1 aromatic rings. The van der Waals surface area contributed by atoms with Crippen molar-refractivity contribution in [3.05, 3.63) is 29.8 Å². The van der Waals surface area contributed by atoms with Gasteiger partial charge in [-0.15, -0.1) is 12.4 Å². The largest absolute Gasteiger partial charge is 0.461 e. The van der Waals surface area contributed by atoms with Crippen LogP contribution in [0.2, 0.25) is 0 Å². The van der Waals surface area contributed by atoms with E-state index in [0.29, 0.717) is 0 Å². The molecule has 1 fully saturated rings. The Balaban J connectivity index is 0.00000264. The Labute approximate surface area is 136 Å². The zero-order valence-corrected chi connectivity index (χ0v) is 13.1. The molecule has 23 heavy (non-hydrogen) atoms. The third-order valence-electron chi connectivity index (χ3n) is 3.35. The van der Waals surface area contributed by atoms with Gasteiger partial charge in [0.05, 0.1) is 6.04 Å². The fourth-order valence-corrected chi connectivity index (χ4v) is 2.19. The molecule has 1 atom stereocenters. The summed E-state index contributed by atoms with van der Waals surface area (Å²) in [5, 5.41) is 2.50. The second kappa shape index (κ2) is 6.82.